The Hall–Kier alpha value is -4.20. The van der Waals surface area contributed by atoms with Crippen LogP contribution in [-0.2, 0) is 0 Å². The number of hydrogen-bond acceptors (Lipinski definition) is 8. The van der Waals surface area contributed by atoms with Gasteiger partial charge in [-0.3, -0.25) is 19.2 Å². The van der Waals surface area contributed by atoms with Gasteiger partial charge in [0.25, 0.3) is 0 Å². The molecule has 0 amide bonds. The third kappa shape index (κ3) is 4.09. The fraction of sp³-hybridized carbons (Fsp3) is 0.130. The van der Waals surface area contributed by atoms with Gasteiger partial charge in [0.05, 0.1) is 35.1 Å². The number of hydrogen-bond donors (Lipinski definition) is 0. The number of carbonyl (C=O) groups excluding carboxylic acids is 2. The molecular formula is C23H16O8. The predicted octanol–water partition coefficient (Wildman–Crippen LogP) is 3.37. The van der Waals surface area contributed by atoms with Gasteiger partial charge in [0.1, 0.15) is 35.2 Å². The van der Waals surface area contributed by atoms with Crippen molar-refractivity contribution in [1.29, 1.82) is 0 Å². The monoisotopic (exact) mass is 420 g/mol. The third-order valence-electron chi connectivity index (χ3n) is 4.62. The highest BCUT2D eigenvalue weighted by Gasteiger charge is 2.09. The van der Waals surface area contributed by atoms with Crippen molar-refractivity contribution in [3.05, 3.63) is 80.5 Å². The molecule has 8 heteroatoms. The second-order valence-corrected chi connectivity index (χ2v) is 6.64. The van der Waals surface area contributed by atoms with E-state index in [0.717, 1.165) is 12.5 Å². The molecule has 0 aliphatic heterocycles. The summed E-state index contributed by atoms with van der Waals surface area (Å²) in [6, 6.07) is 9.60. The Balaban J connectivity index is 1.37. The van der Waals surface area contributed by atoms with Gasteiger partial charge in [0.15, 0.2) is 12.6 Å². The molecule has 8 nitrogen and oxygen atoms in total. The minimum atomic E-state index is -0.413. The van der Waals surface area contributed by atoms with Gasteiger partial charge in [-0.1, -0.05) is 0 Å². The number of ether oxygens (including phenoxy) is 2. The van der Waals surface area contributed by atoms with Gasteiger partial charge >= 0.3 is 0 Å². The average Bonchev–Trinajstić information content (AvgIpc) is 2.80. The smallest absolute Gasteiger partial charge is 0.203 e. The first-order chi connectivity index (χ1) is 15.1. The summed E-state index contributed by atoms with van der Waals surface area (Å²) in [6.45, 7) is 0.629. The number of aldehydes is 2. The molecule has 0 radical (unpaired) electrons. The van der Waals surface area contributed by atoms with Crippen LogP contribution in [0.2, 0.25) is 0 Å². The van der Waals surface area contributed by atoms with Crippen LogP contribution in [0.5, 0.6) is 11.5 Å². The molecule has 0 N–H and O–H groups in total. The molecule has 0 spiro atoms. The van der Waals surface area contributed by atoms with Crippen LogP contribution in [0, 0.1) is 0 Å². The van der Waals surface area contributed by atoms with E-state index in [2.05, 4.69) is 0 Å². The Kier molecular flexibility index (Phi) is 5.61. The second kappa shape index (κ2) is 8.66. The van der Waals surface area contributed by atoms with Crippen molar-refractivity contribution in [3.8, 4) is 11.5 Å². The molecule has 0 aliphatic rings. The molecule has 0 aliphatic carbocycles. The van der Waals surface area contributed by atoms with Crippen LogP contribution in [0.25, 0.3) is 21.9 Å². The Morgan fingerprint density at radius 3 is 1.58 bits per heavy atom. The zero-order chi connectivity index (χ0) is 21.8. The van der Waals surface area contributed by atoms with E-state index in [-0.39, 0.29) is 21.9 Å². The first-order valence-corrected chi connectivity index (χ1v) is 9.38. The van der Waals surface area contributed by atoms with E-state index in [4.69, 9.17) is 18.3 Å². The van der Waals surface area contributed by atoms with Gasteiger partial charge in [-0.05, 0) is 36.4 Å². The Labute approximate surface area is 174 Å². The molecule has 156 valence electrons. The van der Waals surface area contributed by atoms with E-state index in [9.17, 15) is 19.2 Å². The maximum atomic E-state index is 12.2. The van der Waals surface area contributed by atoms with Crippen LogP contribution in [0.15, 0.2) is 67.3 Å². The zero-order valence-electron chi connectivity index (χ0n) is 16.2. The minimum Gasteiger partial charge on any atom is -0.493 e. The van der Waals surface area contributed by atoms with Gasteiger partial charge in [0, 0.05) is 6.42 Å². The minimum absolute atomic E-state index is 0.0530. The van der Waals surface area contributed by atoms with E-state index in [1.165, 1.54) is 12.1 Å². The lowest BCUT2D eigenvalue weighted by molar-refractivity contribution is 0.111. The van der Waals surface area contributed by atoms with E-state index in [0.29, 0.717) is 54.9 Å². The molecule has 0 saturated carbocycles. The van der Waals surface area contributed by atoms with E-state index in [1.54, 1.807) is 24.3 Å². The number of carbonyl (C=O) groups is 2. The van der Waals surface area contributed by atoms with Crippen molar-refractivity contribution in [3.63, 3.8) is 0 Å². The molecule has 2 aromatic heterocycles. The first-order valence-electron chi connectivity index (χ1n) is 9.38. The molecule has 0 bridgehead atoms. The molecule has 0 atom stereocenters. The highest BCUT2D eigenvalue weighted by Crippen LogP contribution is 2.20. The molecule has 4 rings (SSSR count). The van der Waals surface area contributed by atoms with Crippen molar-refractivity contribution in [1.82, 2.24) is 0 Å². The summed E-state index contributed by atoms with van der Waals surface area (Å²) < 4.78 is 21.8. The van der Waals surface area contributed by atoms with Crippen LogP contribution in [-0.4, -0.2) is 25.8 Å². The summed E-state index contributed by atoms with van der Waals surface area (Å²) in [5.41, 5.74) is -0.202. The molecular weight excluding hydrogens is 404 g/mol. The normalized spacial score (nSPS) is 10.8. The fourth-order valence-corrected chi connectivity index (χ4v) is 3.03. The second-order valence-electron chi connectivity index (χ2n) is 6.64. The SMILES string of the molecule is O=Cc1coc2ccc(OCCCOc3ccc4occ(C=O)c(=O)c4c3)cc2c1=O. The summed E-state index contributed by atoms with van der Waals surface area (Å²) in [7, 11) is 0. The van der Waals surface area contributed by atoms with Crippen LogP contribution < -0.4 is 20.3 Å². The summed E-state index contributed by atoms with van der Waals surface area (Å²) in [4.78, 5) is 46.2. The molecule has 0 saturated heterocycles. The Bertz CT molecular complexity index is 1290. The number of rotatable bonds is 8. The molecule has 2 heterocycles. The molecule has 31 heavy (non-hydrogen) atoms. The highest BCUT2D eigenvalue weighted by molar-refractivity contribution is 5.85. The van der Waals surface area contributed by atoms with Crippen molar-refractivity contribution in [2.75, 3.05) is 13.2 Å². The fourth-order valence-electron chi connectivity index (χ4n) is 3.03. The molecule has 4 aromatic rings. The maximum absolute atomic E-state index is 12.2. The Morgan fingerprint density at radius 2 is 1.16 bits per heavy atom. The van der Waals surface area contributed by atoms with Crippen LogP contribution in [0.1, 0.15) is 27.1 Å². The topological polar surface area (TPSA) is 113 Å². The summed E-state index contributed by atoms with van der Waals surface area (Å²) in [5.74, 6) is 0.931. The highest BCUT2D eigenvalue weighted by atomic mass is 16.5. The van der Waals surface area contributed by atoms with E-state index >= 15 is 0 Å². The summed E-state index contributed by atoms with van der Waals surface area (Å²) in [5, 5.41) is 0.533. The van der Waals surface area contributed by atoms with Gasteiger partial charge in [-0.2, -0.15) is 0 Å². The lowest BCUT2D eigenvalue weighted by atomic mass is 10.2. The summed E-state index contributed by atoms with van der Waals surface area (Å²) in [6.07, 6.45) is 3.69. The lowest BCUT2D eigenvalue weighted by Gasteiger charge is -2.09. The third-order valence-corrected chi connectivity index (χ3v) is 4.62. The average molecular weight is 420 g/mol. The van der Waals surface area contributed by atoms with Crippen LogP contribution >= 0.6 is 0 Å². The standard InChI is InChI=1S/C23H16O8/c24-10-14-12-30-20-4-2-16(8-18(20)22(14)26)28-6-1-7-29-17-3-5-21-19(9-17)23(27)15(11-25)13-31-21/h2-5,8-13H,1,6-7H2. The largest absolute Gasteiger partial charge is 0.493 e. The predicted molar refractivity (Wildman–Crippen MR) is 111 cm³/mol. The van der Waals surface area contributed by atoms with Gasteiger partial charge in [-0.25, -0.2) is 0 Å². The first kappa shape index (κ1) is 20.1. The number of fused-ring (bicyclic) bond motifs is 2. The van der Waals surface area contributed by atoms with Crippen molar-refractivity contribution in [2.24, 2.45) is 0 Å². The van der Waals surface area contributed by atoms with Gasteiger partial charge < -0.3 is 18.3 Å². The van der Waals surface area contributed by atoms with Crippen molar-refractivity contribution >= 4 is 34.5 Å². The van der Waals surface area contributed by atoms with Crippen LogP contribution in [0.3, 0.4) is 0 Å². The Morgan fingerprint density at radius 1 is 0.710 bits per heavy atom. The molecule has 0 unspecified atom stereocenters. The van der Waals surface area contributed by atoms with Crippen molar-refractivity contribution < 1.29 is 27.9 Å². The zero-order valence-corrected chi connectivity index (χ0v) is 16.2. The lowest BCUT2D eigenvalue weighted by Crippen LogP contribution is -2.09. The van der Waals surface area contributed by atoms with Gasteiger partial charge in [0.2, 0.25) is 10.9 Å². The van der Waals surface area contributed by atoms with Gasteiger partial charge in [-0.15, -0.1) is 0 Å². The summed E-state index contributed by atoms with van der Waals surface area (Å²) >= 11 is 0. The molecule has 2 aromatic carbocycles. The van der Waals surface area contributed by atoms with Crippen molar-refractivity contribution in [2.45, 2.75) is 6.42 Å². The quantitative estimate of drug-likeness (QED) is 0.315. The maximum Gasteiger partial charge on any atom is 0.203 e. The van der Waals surface area contributed by atoms with E-state index in [1.807, 2.05) is 0 Å². The molecule has 0 fully saturated rings. The van der Waals surface area contributed by atoms with Crippen LogP contribution in [0.4, 0.5) is 0 Å². The number of benzene rings is 2. The van der Waals surface area contributed by atoms with E-state index < -0.39 is 10.9 Å².